The van der Waals surface area contributed by atoms with Gasteiger partial charge in [-0.05, 0) is 252 Å². The van der Waals surface area contributed by atoms with E-state index < -0.39 is 0 Å². The highest BCUT2D eigenvalue weighted by Gasteiger charge is 2.17. The molecule has 9 aromatic heterocycles. The quantitative estimate of drug-likeness (QED) is 0.0589. The zero-order chi connectivity index (χ0) is 84.3. The van der Waals surface area contributed by atoms with E-state index in [9.17, 15) is 0 Å². The van der Waals surface area contributed by atoms with Crippen molar-refractivity contribution in [3.05, 3.63) is 218 Å². The number of ether oxygens (including phenoxy) is 6. The van der Waals surface area contributed by atoms with Crippen molar-refractivity contribution in [3.63, 3.8) is 0 Å². The number of aliphatic hydroxyl groups excluding tert-OH is 1. The Balaban J connectivity index is 0.000000240. The highest BCUT2D eigenvalue weighted by atomic mass is 79.9. The molecule has 21 nitrogen and oxygen atoms in total. The van der Waals surface area contributed by atoms with E-state index in [0.717, 1.165) is 103 Å². The first-order valence-electron chi connectivity index (χ1n) is 37.8. The molecule has 1 N–H and O–H groups in total. The van der Waals surface area contributed by atoms with Crippen molar-refractivity contribution in [1.82, 2.24) is 58.0 Å². The fourth-order valence-corrected chi connectivity index (χ4v) is 13.4. The molecule has 0 unspecified atom stereocenters. The predicted octanol–water partition coefficient (Wildman–Crippen LogP) is 25.3. The van der Waals surface area contributed by atoms with Crippen molar-refractivity contribution < 1.29 is 42.4 Å². The zero-order valence-corrected chi connectivity index (χ0v) is 77.8. The lowest BCUT2D eigenvalue weighted by Crippen LogP contribution is -2.02. The van der Waals surface area contributed by atoms with Crippen LogP contribution >= 0.6 is 101 Å². The second-order valence-electron chi connectivity index (χ2n) is 28.5. The number of pyridine rings is 2. The number of thiazole rings is 2. The maximum absolute atomic E-state index is 8.06. The third-order valence-electron chi connectivity index (χ3n) is 14.8. The van der Waals surface area contributed by atoms with Crippen LogP contribution in [0.5, 0.6) is 0 Å². The maximum Gasteiger partial charge on any atom is 0.222 e. The van der Waals surface area contributed by atoms with Gasteiger partial charge in [0.15, 0.2) is 26.8 Å². The van der Waals surface area contributed by atoms with Crippen LogP contribution in [0.15, 0.2) is 151 Å². The fraction of sp³-hybridized carbons (Fsp3) is 0.425. The monoisotopic (exact) mass is 1820 g/mol. The first kappa shape index (κ1) is 99.3. The summed E-state index contributed by atoms with van der Waals surface area (Å²) < 4.78 is 59.2. The number of aromatic nitrogens is 12. The third-order valence-corrected chi connectivity index (χ3v) is 19.9. The molecule has 0 spiro atoms. The van der Waals surface area contributed by atoms with Crippen molar-refractivity contribution in [2.45, 2.75) is 248 Å². The van der Waals surface area contributed by atoms with Crippen LogP contribution in [-0.2, 0) is 68.1 Å². The lowest BCUT2D eigenvalue weighted by molar-refractivity contribution is 0.0512. The minimum atomic E-state index is -0.167. The summed E-state index contributed by atoms with van der Waals surface area (Å²) in [6, 6.07) is 38.3. The topological polar surface area (TPSA) is 257 Å². The van der Waals surface area contributed by atoms with Crippen molar-refractivity contribution >= 4 is 111 Å². The van der Waals surface area contributed by atoms with Gasteiger partial charge in [0.1, 0.15) is 68.5 Å². The number of hydrogen-bond donors (Lipinski definition) is 1. The van der Waals surface area contributed by atoms with Gasteiger partial charge in [0.05, 0.1) is 71.4 Å². The highest BCUT2D eigenvalue weighted by Crippen LogP contribution is 2.32. The minimum absolute atomic E-state index is 0. The molecule has 116 heavy (non-hydrogen) atoms. The second kappa shape index (κ2) is 52.0. The van der Waals surface area contributed by atoms with Crippen LogP contribution < -0.4 is 0 Å². The molecule has 0 atom stereocenters. The molecule has 0 radical (unpaired) electrons. The van der Waals surface area contributed by atoms with Crippen molar-refractivity contribution in [3.8, 4) is 56.9 Å². The van der Waals surface area contributed by atoms with Gasteiger partial charge in [-0.15, -0.1) is 22.7 Å². The number of nitrogens with zero attached hydrogens (tertiary/aromatic N) is 12. The van der Waals surface area contributed by atoms with Gasteiger partial charge in [0.25, 0.3) is 0 Å². The summed E-state index contributed by atoms with van der Waals surface area (Å²) in [5.74, 6) is 3.96. The summed E-state index contributed by atoms with van der Waals surface area (Å²) in [5.41, 5.74) is 14.4. The Morgan fingerprint density at radius 3 is 1.20 bits per heavy atom. The van der Waals surface area contributed by atoms with E-state index in [0.29, 0.717) is 72.4 Å². The molecular formula is C87H113Br2ClN12O9S5. The minimum Gasteiger partial charge on any atom is -0.431 e. The summed E-state index contributed by atoms with van der Waals surface area (Å²) in [4.78, 5) is 39.5. The summed E-state index contributed by atoms with van der Waals surface area (Å²) in [7, 11) is 0. The molecule has 0 amide bonds. The molecule has 626 valence electrons. The van der Waals surface area contributed by atoms with E-state index in [4.69, 9.17) is 54.0 Å². The molecule has 0 aliphatic carbocycles. The lowest BCUT2D eigenvalue weighted by Gasteiger charge is -2.04. The van der Waals surface area contributed by atoms with Crippen molar-refractivity contribution in [2.75, 3.05) is 0 Å². The molecule has 4 aromatic carbocycles. The average molecular weight is 1830 g/mol. The molecule has 13 rings (SSSR count). The lowest BCUT2D eigenvalue weighted by atomic mass is 10.1. The van der Waals surface area contributed by atoms with Crippen LogP contribution in [0.2, 0.25) is 5.02 Å². The van der Waals surface area contributed by atoms with Gasteiger partial charge in [0.2, 0.25) is 11.8 Å². The molecule has 0 fully saturated rings. The Labute approximate surface area is 728 Å². The molecule has 9 heterocycles. The molecule has 0 aliphatic heterocycles. The number of halogens is 3. The van der Waals surface area contributed by atoms with E-state index >= 15 is 0 Å². The summed E-state index contributed by atoms with van der Waals surface area (Å²) in [5, 5.41) is 15.8. The number of oxazole rings is 2. The van der Waals surface area contributed by atoms with Crippen LogP contribution in [0.1, 0.15) is 194 Å². The molecule has 0 bridgehead atoms. The number of aryl methyl sites for hydroxylation is 6. The number of hydrogen-bond acceptors (Lipinski definition) is 26. The average Bonchev–Trinajstić information content (AvgIpc) is 1.70. The fourth-order valence-electron chi connectivity index (χ4n) is 8.83. The summed E-state index contributed by atoms with van der Waals surface area (Å²) in [6.07, 6.45) is 4.75. The maximum atomic E-state index is 8.06. The van der Waals surface area contributed by atoms with Gasteiger partial charge in [0, 0.05) is 45.6 Å². The Kier molecular flexibility index (Phi) is 44.5. The molecule has 0 aliphatic rings. The largest absolute Gasteiger partial charge is 0.431 e. The first-order valence-corrected chi connectivity index (χ1v) is 43.8. The van der Waals surface area contributed by atoms with Crippen LogP contribution in [0.25, 0.3) is 67.2 Å². The van der Waals surface area contributed by atoms with E-state index in [2.05, 4.69) is 166 Å². The van der Waals surface area contributed by atoms with Crippen LogP contribution in [0, 0.1) is 41.5 Å². The Morgan fingerprint density at radius 2 is 0.793 bits per heavy atom. The van der Waals surface area contributed by atoms with E-state index in [-0.39, 0.29) is 50.2 Å². The molecule has 29 heteroatoms. The predicted molar refractivity (Wildman–Crippen MR) is 484 cm³/mol. The number of rotatable bonds is 24. The van der Waals surface area contributed by atoms with Crippen molar-refractivity contribution in [1.29, 1.82) is 0 Å². The van der Waals surface area contributed by atoms with Gasteiger partial charge in [-0.2, -0.15) is 13.1 Å². The highest BCUT2D eigenvalue weighted by molar-refractivity contribution is 9.10. The molecule has 13 aromatic rings. The Hall–Kier alpha value is -7.23. The van der Waals surface area contributed by atoms with Crippen LogP contribution in [-0.4, -0.2) is 106 Å². The smallest absolute Gasteiger partial charge is 0.222 e. The van der Waals surface area contributed by atoms with Crippen LogP contribution in [0.3, 0.4) is 0 Å². The van der Waals surface area contributed by atoms with Crippen molar-refractivity contribution in [2.24, 2.45) is 0 Å². The first-order chi connectivity index (χ1) is 54.6. The molecule has 0 saturated carbocycles. The van der Waals surface area contributed by atoms with E-state index in [1.54, 1.807) is 42.7 Å². The number of fused-ring (bicyclic) bond motifs is 1. The SMILES string of the molecule is C.CC(C)O.CC(C)OCc1nc(C(C)C)cs1.CC(C)OCc1nc2cc(Cl)ccc2s1.Cc1ccc(-c2nc(COC(C)C)oc2Br)cc1.Cc1ccc(-c2nc(COC(C)C)oc2Br)nc1.Cc1ccc(-c2nsc(C)n2)nc1.Cc1ccc(-c2nsc(COC(C)C)n2)cc1.Cc1ccc(-c2nsc(COC(C)C)n2)cc1. The van der Waals surface area contributed by atoms with Gasteiger partial charge in [-0.3, -0.25) is 9.97 Å². The zero-order valence-electron chi connectivity index (χ0n) is 69.8. The Morgan fingerprint density at radius 1 is 0.405 bits per heavy atom. The number of aliphatic hydroxyl groups is 1. The second-order valence-corrected chi connectivity index (χ2v) is 35.0. The summed E-state index contributed by atoms with van der Waals surface area (Å²) in [6.45, 7) is 47.1. The third kappa shape index (κ3) is 37.8. The van der Waals surface area contributed by atoms with Gasteiger partial charge in [-0.25, -0.2) is 34.9 Å². The molecular weight excluding hydrogens is 1710 g/mol. The number of benzene rings is 4. The summed E-state index contributed by atoms with van der Waals surface area (Å²) >= 11 is 20.2. The van der Waals surface area contributed by atoms with Crippen LogP contribution in [0.4, 0.5) is 0 Å². The normalized spacial score (nSPS) is 10.9. The Bertz CT molecular complexity index is 4680. The van der Waals surface area contributed by atoms with E-state index in [1.165, 1.54) is 57.0 Å². The van der Waals surface area contributed by atoms with Gasteiger partial charge in [-0.1, -0.05) is 134 Å². The standard InChI is InChI=1S/C14H16BrNO2.C13H15BrN2O2.2C13H16N2OS.C11H12ClNOS.C10H17NOS.C9H9N3S.C3H8O.CH4/c1-9(2)17-8-12-16-13(14(15)18-12)11-6-4-10(3)5-7-11;1-8(2)17-7-11-16-12(13(14)18-11)10-5-4-9(3)6-15-10;2*1-9(2)16-8-12-14-13(15-17-12)11-6-4-10(3)5-7-11;1-7(2)14-6-11-13-9-5-8(12)3-4-10(9)15-11;1-7(2)9-6-13-10(11-9)5-12-8(3)4;1-6-3-4-8(10-5-6)9-11-7(2)13-12-9;1-3(2)4;/h4-7,9H,8H2,1-3H3;4-6,8H,7H2,1-3H3;2*4-7,9H,8H2,1-3H3;3-5,7H,6H2,1-2H3;6-8H,5H2,1-4H3;3-5H,1-2H3;3-4H,1-2H3;1H4. The van der Waals surface area contributed by atoms with E-state index in [1.807, 2.05) is 189 Å². The molecule has 0 saturated heterocycles. The van der Waals surface area contributed by atoms with Gasteiger partial charge >= 0.3 is 0 Å². The van der Waals surface area contributed by atoms with Gasteiger partial charge < -0.3 is 42.4 Å².